The number of carbonyl (C=O) groups is 1. The Morgan fingerprint density at radius 2 is 1.69 bits per heavy atom. The van der Waals surface area contributed by atoms with Crippen LogP contribution in [0.2, 0.25) is 0 Å². The van der Waals surface area contributed by atoms with Gasteiger partial charge in [-0.05, 0) is 74.6 Å². The minimum atomic E-state index is -3.85. The lowest BCUT2D eigenvalue weighted by Gasteiger charge is -2.62. The van der Waals surface area contributed by atoms with E-state index in [4.69, 9.17) is 0 Å². The van der Waals surface area contributed by atoms with Gasteiger partial charge in [0.1, 0.15) is 5.82 Å². The van der Waals surface area contributed by atoms with E-state index in [1.807, 2.05) is 0 Å². The average molecular weight is 472 g/mol. The fourth-order valence-corrected chi connectivity index (χ4v) is 8.39. The molecule has 176 valence electrons. The molecule has 2 unspecified atom stereocenters. The van der Waals surface area contributed by atoms with E-state index in [0.29, 0.717) is 31.1 Å². The van der Waals surface area contributed by atoms with Crippen LogP contribution in [0.3, 0.4) is 0 Å². The van der Waals surface area contributed by atoms with Crippen LogP contribution in [0.4, 0.5) is 13.2 Å². The minimum Gasteiger partial charge on any atom is -0.349 e. The van der Waals surface area contributed by atoms with Crippen LogP contribution in [-0.4, -0.2) is 55.9 Å². The van der Waals surface area contributed by atoms with E-state index in [1.165, 1.54) is 17.0 Å². The zero-order valence-corrected chi connectivity index (χ0v) is 18.6. The molecule has 5 aliphatic rings. The van der Waals surface area contributed by atoms with Crippen molar-refractivity contribution in [2.75, 3.05) is 19.6 Å². The van der Waals surface area contributed by atoms with Crippen molar-refractivity contribution in [3.63, 3.8) is 0 Å². The highest BCUT2D eigenvalue weighted by atomic mass is 32.2. The number of rotatable bonds is 6. The maximum absolute atomic E-state index is 13.5. The van der Waals surface area contributed by atoms with Gasteiger partial charge in [-0.1, -0.05) is 0 Å². The molecule has 4 saturated carbocycles. The molecule has 0 spiro atoms. The van der Waals surface area contributed by atoms with Crippen molar-refractivity contribution in [1.82, 2.24) is 14.9 Å². The molecule has 5 fully saturated rings. The van der Waals surface area contributed by atoms with Crippen LogP contribution in [-0.2, 0) is 14.8 Å². The summed E-state index contributed by atoms with van der Waals surface area (Å²) in [6.07, 6.45) is 4.24. The van der Waals surface area contributed by atoms with Gasteiger partial charge < -0.3 is 5.32 Å². The number of nitrogens with one attached hydrogen (secondary N) is 2. The molecule has 1 amide bonds. The lowest BCUT2D eigenvalue weighted by molar-refractivity contribution is -0.128. The molecule has 1 aromatic carbocycles. The lowest BCUT2D eigenvalue weighted by atomic mass is 9.50. The molecule has 6 nitrogen and oxygen atoms in total. The summed E-state index contributed by atoms with van der Waals surface area (Å²) in [5.74, 6) is -2.94. The maximum Gasteiger partial charge on any atom is 0.261 e. The molecule has 4 aliphatic carbocycles. The Labute approximate surface area is 186 Å². The SMILES string of the molecule is O=C(CN1CCC(F)(F)C1)NC12CC3CC(C1)CC(NS(=O)(=O)c1ccc(F)cc1)(C3)C2. The summed E-state index contributed by atoms with van der Waals surface area (Å²) >= 11 is 0. The number of likely N-dealkylation sites (tertiary alicyclic amines) is 1. The number of amides is 1. The first-order valence-corrected chi connectivity index (χ1v) is 12.6. The number of nitrogens with zero attached hydrogens (tertiary/aromatic N) is 1. The molecule has 2 N–H and O–H groups in total. The molecule has 32 heavy (non-hydrogen) atoms. The predicted octanol–water partition coefficient (Wildman–Crippen LogP) is 2.65. The summed E-state index contributed by atoms with van der Waals surface area (Å²) in [5, 5.41) is 3.13. The van der Waals surface area contributed by atoms with Crippen molar-refractivity contribution in [2.45, 2.75) is 66.8 Å². The van der Waals surface area contributed by atoms with E-state index >= 15 is 0 Å². The van der Waals surface area contributed by atoms with Crippen LogP contribution in [0.1, 0.15) is 44.9 Å². The minimum absolute atomic E-state index is 0.0164. The highest BCUT2D eigenvalue weighted by Gasteiger charge is 2.59. The van der Waals surface area contributed by atoms with Crippen molar-refractivity contribution < 1.29 is 26.4 Å². The molecule has 1 heterocycles. The van der Waals surface area contributed by atoms with Gasteiger partial charge >= 0.3 is 0 Å². The van der Waals surface area contributed by atoms with E-state index in [1.54, 1.807) is 0 Å². The van der Waals surface area contributed by atoms with E-state index in [2.05, 4.69) is 10.0 Å². The second-order valence-electron chi connectivity index (χ2n) is 10.4. The number of carbonyl (C=O) groups excluding carboxylic acids is 1. The van der Waals surface area contributed by atoms with Gasteiger partial charge in [0.05, 0.1) is 18.0 Å². The van der Waals surface area contributed by atoms with Gasteiger partial charge in [-0.2, -0.15) is 0 Å². The fourth-order valence-electron chi connectivity index (χ4n) is 6.97. The van der Waals surface area contributed by atoms with Crippen molar-refractivity contribution >= 4 is 15.9 Å². The van der Waals surface area contributed by atoms with Crippen LogP contribution < -0.4 is 10.0 Å². The normalized spacial score (nSPS) is 35.8. The molecule has 10 heteroatoms. The molecule has 4 bridgehead atoms. The zero-order valence-electron chi connectivity index (χ0n) is 17.7. The Morgan fingerprint density at radius 3 is 2.28 bits per heavy atom. The van der Waals surface area contributed by atoms with E-state index in [0.717, 1.165) is 31.4 Å². The van der Waals surface area contributed by atoms with Crippen molar-refractivity contribution in [3.8, 4) is 0 Å². The van der Waals surface area contributed by atoms with Gasteiger partial charge in [-0.3, -0.25) is 9.69 Å². The first-order valence-electron chi connectivity index (χ1n) is 11.2. The first kappa shape index (κ1) is 22.2. The highest BCUT2D eigenvalue weighted by Crippen LogP contribution is 2.57. The van der Waals surface area contributed by atoms with Crippen LogP contribution in [0.15, 0.2) is 29.2 Å². The van der Waals surface area contributed by atoms with Crippen LogP contribution in [0.5, 0.6) is 0 Å². The predicted molar refractivity (Wildman–Crippen MR) is 111 cm³/mol. The molecule has 1 aliphatic heterocycles. The first-order chi connectivity index (χ1) is 15.0. The molecule has 1 aromatic rings. The Kier molecular flexibility index (Phi) is 5.14. The average Bonchev–Trinajstić information content (AvgIpc) is 2.97. The molecular weight excluding hydrogens is 443 g/mol. The van der Waals surface area contributed by atoms with Gasteiger partial charge in [0.15, 0.2) is 0 Å². The van der Waals surface area contributed by atoms with Gasteiger partial charge in [0.25, 0.3) is 5.92 Å². The van der Waals surface area contributed by atoms with Gasteiger partial charge in [0, 0.05) is 24.0 Å². The smallest absolute Gasteiger partial charge is 0.261 e. The zero-order chi connectivity index (χ0) is 22.8. The van der Waals surface area contributed by atoms with E-state index in [9.17, 15) is 26.4 Å². The fraction of sp³-hybridized carbons (Fsp3) is 0.682. The largest absolute Gasteiger partial charge is 0.349 e. The second-order valence-corrected chi connectivity index (χ2v) is 12.1. The molecule has 6 rings (SSSR count). The summed E-state index contributed by atoms with van der Waals surface area (Å²) < 4.78 is 69.2. The number of alkyl halides is 2. The molecule has 0 aromatic heterocycles. The van der Waals surface area contributed by atoms with Gasteiger partial charge in [0.2, 0.25) is 15.9 Å². The van der Waals surface area contributed by atoms with Crippen LogP contribution in [0.25, 0.3) is 0 Å². The monoisotopic (exact) mass is 471 g/mol. The Balaban J connectivity index is 1.31. The van der Waals surface area contributed by atoms with E-state index in [-0.39, 0.29) is 30.3 Å². The second kappa shape index (κ2) is 7.43. The maximum atomic E-state index is 13.5. The summed E-state index contributed by atoms with van der Waals surface area (Å²) in [6.45, 7) is -0.277. The summed E-state index contributed by atoms with van der Waals surface area (Å²) in [6, 6.07) is 4.75. The summed E-state index contributed by atoms with van der Waals surface area (Å²) in [5.41, 5.74) is -1.18. The summed E-state index contributed by atoms with van der Waals surface area (Å²) in [4.78, 5) is 14.3. The Hall–Kier alpha value is -1.65. The quantitative estimate of drug-likeness (QED) is 0.669. The summed E-state index contributed by atoms with van der Waals surface area (Å²) in [7, 11) is -3.85. The van der Waals surface area contributed by atoms with Crippen molar-refractivity contribution in [1.29, 1.82) is 0 Å². The number of sulfonamides is 1. The Morgan fingerprint density at radius 1 is 1.06 bits per heavy atom. The van der Waals surface area contributed by atoms with Gasteiger partial charge in [-0.15, -0.1) is 0 Å². The molecule has 1 saturated heterocycles. The third kappa shape index (κ3) is 4.28. The highest BCUT2D eigenvalue weighted by molar-refractivity contribution is 7.89. The van der Waals surface area contributed by atoms with Crippen LogP contribution in [0, 0.1) is 17.7 Å². The lowest BCUT2D eigenvalue weighted by Crippen LogP contribution is -2.70. The molecule has 0 radical (unpaired) electrons. The number of hydrogen-bond acceptors (Lipinski definition) is 4. The van der Waals surface area contributed by atoms with Crippen molar-refractivity contribution in [2.24, 2.45) is 11.8 Å². The third-order valence-corrected chi connectivity index (χ3v) is 9.15. The van der Waals surface area contributed by atoms with Gasteiger partial charge in [-0.25, -0.2) is 26.3 Å². The Bertz CT molecular complexity index is 1000. The topological polar surface area (TPSA) is 78.5 Å². The number of hydrogen-bond donors (Lipinski definition) is 2. The van der Waals surface area contributed by atoms with Crippen LogP contribution >= 0.6 is 0 Å². The van der Waals surface area contributed by atoms with Crippen molar-refractivity contribution in [3.05, 3.63) is 30.1 Å². The van der Waals surface area contributed by atoms with E-state index < -0.39 is 39.4 Å². The third-order valence-electron chi connectivity index (χ3n) is 7.56. The number of halogens is 3. The molecule has 2 atom stereocenters. The number of benzene rings is 1. The standard InChI is InChI=1S/C22H28F3N3O3S/c23-17-1-3-18(4-2-17)32(30,31)27-21-10-15-7-16(11-21)9-20(8-15,13-21)26-19(29)12-28-6-5-22(24,25)14-28/h1-4,15-16,27H,5-14H2,(H,26,29). The molecular formula is C22H28F3N3O3S.